The van der Waals surface area contributed by atoms with Gasteiger partial charge in [-0.1, -0.05) is 214 Å². The number of rotatable bonds is 6. The average Bonchev–Trinajstić information content (AvgIpc) is 1.88. The van der Waals surface area contributed by atoms with Crippen LogP contribution in [0.4, 0.5) is 34.1 Å². The molecule has 0 unspecified atom stereocenters. The first kappa shape index (κ1) is 49.5. The predicted molar refractivity (Wildman–Crippen MR) is 343 cm³/mol. The molecule has 3 heteroatoms. The number of benzene rings is 8. The summed E-state index contributed by atoms with van der Waals surface area (Å²) in [5.41, 5.74) is 24.5. The fourth-order valence-corrected chi connectivity index (χ4v) is 14.2. The average molecular weight is 1040 g/mol. The van der Waals surface area contributed by atoms with Crippen LogP contribution in [0.15, 0.2) is 158 Å². The molecule has 8 aromatic rings. The molecule has 2 aliphatic heterocycles. The van der Waals surface area contributed by atoms with E-state index in [-0.39, 0.29) is 44.6 Å². The van der Waals surface area contributed by atoms with E-state index >= 15 is 0 Å². The number of hydrogen-bond donors (Lipinski definition) is 0. The number of fused-ring (bicyclic) bond motifs is 6. The lowest BCUT2D eigenvalue weighted by Gasteiger charge is -2.48. The molecule has 402 valence electrons. The Hall–Kier alpha value is -6.58. The fourth-order valence-electron chi connectivity index (χ4n) is 14.2. The Morgan fingerprint density at radius 3 is 1.58 bits per heavy atom. The Morgan fingerprint density at radius 1 is 0.392 bits per heavy atom. The van der Waals surface area contributed by atoms with Crippen LogP contribution in [0.3, 0.4) is 0 Å². The van der Waals surface area contributed by atoms with Gasteiger partial charge in [-0.3, -0.25) is 0 Å². The molecular weight excluding hydrogens is 952 g/mol. The topological polar surface area (TPSA) is 6.48 Å². The number of anilines is 6. The van der Waals surface area contributed by atoms with Gasteiger partial charge in [0.05, 0.1) is 5.69 Å². The van der Waals surface area contributed by atoms with Crippen LogP contribution in [0.1, 0.15) is 191 Å². The summed E-state index contributed by atoms with van der Waals surface area (Å²) in [6.45, 7) is 35.1. The molecule has 0 saturated heterocycles. The van der Waals surface area contributed by atoms with Crippen molar-refractivity contribution in [1.82, 2.24) is 0 Å². The van der Waals surface area contributed by atoms with Crippen LogP contribution >= 0.6 is 0 Å². The van der Waals surface area contributed by atoms with Gasteiger partial charge in [0.15, 0.2) is 0 Å². The van der Waals surface area contributed by atoms with Crippen molar-refractivity contribution in [3.8, 4) is 22.3 Å². The zero-order valence-electron chi connectivity index (χ0n) is 53.3. The van der Waals surface area contributed by atoms with Crippen molar-refractivity contribution in [2.45, 2.75) is 181 Å². The van der Waals surface area contributed by atoms with Gasteiger partial charge in [-0.15, -0.1) is 0 Å². The second-order valence-electron chi connectivity index (χ2n) is 29.4. The van der Waals surface area contributed by atoms with Crippen molar-refractivity contribution in [3.05, 3.63) is 208 Å². The number of hydrogen-bond acceptors (Lipinski definition) is 2. The number of aryl methyl sites for hydroxylation is 1. The molecule has 2 nitrogen and oxygen atoms in total. The molecule has 2 heterocycles. The SMILES string of the molecule is [2H]C([2H])([2H])c1cc2c3c(c1)N(c1ccc(C(C)(C)C)cc1-c1cccc(-c4ccc(C(C)(C)C)cc4)c1)c1cc(C(C)(C)c4ccccc4)ccc1B3c1cc3c(cc1N2c1ccc2c(c1)C(C)(C)CCC2(C)C)C(C)(C)CCC3(C)C. The molecule has 12 rings (SSSR count). The number of nitrogens with zero attached hydrogens (tertiary/aromatic N) is 2. The van der Waals surface area contributed by atoms with Crippen LogP contribution in [0, 0.1) is 6.85 Å². The van der Waals surface area contributed by atoms with Gasteiger partial charge in [0.1, 0.15) is 0 Å². The molecular formula is C76H85BN2. The Labute approximate surface area is 480 Å². The Balaban J connectivity index is 1.20. The van der Waals surface area contributed by atoms with E-state index in [1.807, 2.05) is 12.1 Å². The molecule has 0 aromatic heterocycles. The molecule has 0 N–H and O–H groups in total. The third kappa shape index (κ3) is 8.74. The monoisotopic (exact) mass is 1040 g/mol. The van der Waals surface area contributed by atoms with Crippen molar-refractivity contribution in [3.63, 3.8) is 0 Å². The summed E-state index contributed by atoms with van der Waals surface area (Å²) < 4.78 is 28.3. The molecule has 0 amide bonds. The summed E-state index contributed by atoms with van der Waals surface area (Å²) >= 11 is 0. The van der Waals surface area contributed by atoms with Crippen molar-refractivity contribution in [1.29, 1.82) is 0 Å². The molecule has 4 aliphatic rings. The summed E-state index contributed by atoms with van der Waals surface area (Å²) in [7, 11) is 0. The second kappa shape index (κ2) is 18.0. The third-order valence-corrected chi connectivity index (χ3v) is 19.7. The van der Waals surface area contributed by atoms with Gasteiger partial charge < -0.3 is 9.80 Å². The summed E-state index contributed by atoms with van der Waals surface area (Å²) in [6, 6.07) is 59.8. The minimum atomic E-state index is -2.42. The zero-order chi connectivity index (χ0) is 58.6. The first-order valence-electron chi connectivity index (χ1n) is 30.9. The van der Waals surface area contributed by atoms with Crippen molar-refractivity contribution in [2.24, 2.45) is 0 Å². The molecule has 0 saturated carbocycles. The minimum Gasteiger partial charge on any atom is -0.311 e. The highest BCUT2D eigenvalue weighted by Crippen LogP contribution is 2.54. The van der Waals surface area contributed by atoms with Crippen molar-refractivity contribution >= 4 is 57.2 Å². The van der Waals surface area contributed by atoms with E-state index in [2.05, 4.69) is 266 Å². The molecule has 0 bridgehead atoms. The maximum Gasteiger partial charge on any atom is 0.252 e. The van der Waals surface area contributed by atoms with Crippen LogP contribution in [-0.4, -0.2) is 6.71 Å². The van der Waals surface area contributed by atoms with E-state index in [0.29, 0.717) is 5.56 Å². The van der Waals surface area contributed by atoms with Crippen LogP contribution in [0.5, 0.6) is 0 Å². The molecule has 8 aromatic carbocycles. The quantitative estimate of drug-likeness (QED) is 0.153. The van der Waals surface area contributed by atoms with Crippen LogP contribution in [-0.2, 0) is 37.9 Å². The molecule has 0 spiro atoms. The van der Waals surface area contributed by atoms with Gasteiger partial charge >= 0.3 is 0 Å². The van der Waals surface area contributed by atoms with Crippen LogP contribution in [0.2, 0.25) is 0 Å². The Bertz CT molecular complexity index is 3860. The lowest BCUT2D eigenvalue weighted by molar-refractivity contribution is 0.332. The van der Waals surface area contributed by atoms with Gasteiger partial charge in [-0.2, -0.15) is 0 Å². The largest absolute Gasteiger partial charge is 0.311 e. The highest BCUT2D eigenvalue weighted by atomic mass is 15.2. The molecule has 0 atom stereocenters. The van der Waals surface area contributed by atoms with E-state index in [1.54, 1.807) is 0 Å². The maximum atomic E-state index is 9.44. The van der Waals surface area contributed by atoms with Crippen LogP contribution < -0.4 is 26.2 Å². The third-order valence-electron chi connectivity index (χ3n) is 19.7. The second-order valence-corrected chi connectivity index (χ2v) is 29.4. The van der Waals surface area contributed by atoms with Gasteiger partial charge in [0.25, 0.3) is 6.71 Å². The van der Waals surface area contributed by atoms with E-state index < -0.39 is 6.85 Å². The van der Waals surface area contributed by atoms with Gasteiger partial charge in [-0.25, -0.2) is 0 Å². The summed E-state index contributed by atoms with van der Waals surface area (Å²) in [4.78, 5) is 4.97. The normalized spacial score (nSPS) is 18.3. The molecule has 79 heavy (non-hydrogen) atoms. The summed E-state index contributed by atoms with van der Waals surface area (Å²) in [5.74, 6) is 0. The summed E-state index contributed by atoms with van der Waals surface area (Å²) in [5, 5.41) is 0. The predicted octanol–water partition coefficient (Wildman–Crippen LogP) is 19.0. The van der Waals surface area contributed by atoms with Gasteiger partial charge in [0.2, 0.25) is 0 Å². The first-order valence-corrected chi connectivity index (χ1v) is 29.4. The molecule has 0 radical (unpaired) electrons. The fraction of sp³-hybridized carbons (Fsp3) is 0.368. The Kier molecular flexibility index (Phi) is 11.2. The van der Waals surface area contributed by atoms with E-state index in [9.17, 15) is 4.11 Å². The standard InChI is InChI=1S/C76H85BN2/c1-48-40-67-69-68(41-48)79(64-35-31-54(71(5,6)7)43-57(64)51-23-21-22-50(42-51)49-26-28-52(29-27-49)70(2,3)4)65-44-55(76(16,17)53-24-19-18-20-25-53)30-34-62(65)77(69)63-46-60-61(75(14,15)39-38-74(60,12)13)47-66(63)78(67)56-32-33-58-59(45-56)73(10,11)37-36-72(58,8)9/h18-35,40-47H,36-39H2,1-17H3/i1D3. The highest BCUT2D eigenvalue weighted by Gasteiger charge is 2.48. The van der Waals surface area contributed by atoms with E-state index in [4.69, 9.17) is 0 Å². The van der Waals surface area contributed by atoms with Gasteiger partial charge in [0, 0.05) is 43.5 Å². The molecule has 2 aliphatic carbocycles. The van der Waals surface area contributed by atoms with Crippen molar-refractivity contribution in [2.75, 3.05) is 9.80 Å². The smallest absolute Gasteiger partial charge is 0.252 e. The summed E-state index contributed by atoms with van der Waals surface area (Å²) in [6.07, 6.45) is 4.40. The minimum absolute atomic E-state index is 0.0259. The van der Waals surface area contributed by atoms with E-state index in [1.165, 1.54) is 61.0 Å². The van der Waals surface area contributed by atoms with Crippen molar-refractivity contribution < 1.29 is 4.11 Å². The maximum absolute atomic E-state index is 9.44. The zero-order valence-corrected chi connectivity index (χ0v) is 50.3. The Morgan fingerprint density at radius 2 is 0.949 bits per heavy atom. The highest BCUT2D eigenvalue weighted by molar-refractivity contribution is 7.00. The lowest BCUT2D eigenvalue weighted by atomic mass is 9.33. The first-order chi connectivity index (χ1) is 38.3. The van der Waals surface area contributed by atoms with Gasteiger partial charge in [-0.05, 0) is 203 Å². The van der Waals surface area contributed by atoms with E-state index in [0.717, 1.165) is 82.0 Å². The molecule has 0 fully saturated rings. The lowest BCUT2D eigenvalue weighted by Crippen LogP contribution is -2.62. The van der Waals surface area contributed by atoms with Crippen LogP contribution in [0.25, 0.3) is 22.3 Å².